The average Bonchev–Trinajstić information content (AvgIpc) is 2.77. The van der Waals surface area contributed by atoms with E-state index in [1.165, 1.54) is 24.3 Å². The molecule has 7 nitrogen and oxygen atoms in total. The van der Waals surface area contributed by atoms with Crippen LogP contribution in [0.3, 0.4) is 0 Å². The van der Waals surface area contributed by atoms with Gasteiger partial charge in [-0.25, -0.2) is 9.18 Å². The van der Waals surface area contributed by atoms with Gasteiger partial charge in [-0.3, -0.25) is 9.78 Å². The summed E-state index contributed by atoms with van der Waals surface area (Å²) in [5.41, 5.74) is 1.01. The number of piperazine rings is 1. The Morgan fingerprint density at radius 3 is 2.45 bits per heavy atom. The van der Waals surface area contributed by atoms with E-state index in [-0.39, 0.29) is 24.4 Å². The molecule has 2 heterocycles. The predicted octanol–water partition coefficient (Wildman–Crippen LogP) is 2.09. The predicted molar refractivity (Wildman–Crippen MR) is 106 cm³/mol. The summed E-state index contributed by atoms with van der Waals surface area (Å²) in [5, 5.41) is 2.92. The molecule has 0 spiro atoms. The summed E-state index contributed by atoms with van der Waals surface area (Å²) in [7, 11) is 0. The highest BCUT2D eigenvalue weighted by Crippen LogP contribution is 2.11. The highest BCUT2D eigenvalue weighted by molar-refractivity contribution is 5.79. The van der Waals surface area contributed by atoms with Crippen LogP contribution in [0.2, 0.25) is 0 Å². The number of nitrogens with zero attached hydrogens (tertiary/aromatic N) is 3. The van der Waals surface area contributed by atoms with E-state index in [0.29, 0.717) is 38.5 Å². The lowest BCUT2D eigenvalue weighted by molar-refractivity contribution is -0.134. The molecular weight excluding hydrogens is 375 g/mol. The molecule has 0 radical (unpaired) electrons. The Kier molecular flexibility index (Phi) is 7.38. The molecule has 0 bridgehead atoms. The number of hydrogen-bond donors (Lipinski definition) is 1. The molecule has 0 unspecified atom stereocenters. The van der Waals surface area contributed by atoms with Crippen molar-refractivity contribution in [2.75, 3.05) is 39.3 Å². The first-order valence-corrected chi connectivity index (χ1v) is 9.70. The average molecular weight is 400 g/mol. The van der Waals surface area contributed by atoms with Gasteiger partial charge < -0.3 is 19.9 Å². The van der Waals surface area contributed by atoms with E-state index in [0.717, 1.165) is 18.5 Å². The monoisotopic (exact) mass is 400 g/mol. The summed E-state index contributed by atoms with van der Waals surface area (Å²) in [4.78, 5) is 32.2. The number of benzene rings is 1. The second-order valence-corrected chi connectivity index (χ2v) is 6.77. The van der Waals surface area contributed by atoms with E-state index in [1.54, 1.807) is 16.0 Å². The maximum atomic E-state index is 12.9. The molecule has 1 aromatic carbocycles. The van der Waals surface area contributed by atoms with Crippen LogP contribution in [0.5, 0.6) is 5.75 Å². The first-order valence-electron chi connectivity index (χ1n) is 9.70. The molecule has 0 aliphatic carbocycles. The number of urea groups is 1. The van der Waals surface area contributed by atoms with Gasteiger partial charge in [-0.05, 0) is 49.2 Å². The zero-order valence-corrected chi connectivity index (χ0v) is 16.2. The molecule has 0 saturated carbocycles. The molecule has 8 heteroatoms. The quantitative estimate of drug-likeness (QED) is 0.723. The minimum absolute atomic E-state index is 0.106. The van der Waals surface area contributed by atoms with Gasteiger partial charge in [0, 0.05) is 44.6 Å². The number of carbonyl (C=O) groups excluding carboxylic acids is 2. The normalized spacial score (nSPS) is 13.8. The standard InChI is InChI=1S/C21H25FN4O3/c22-17-6-8-19(9-7-17)29-16-20(27)25-12-14-26(15-13-25)21(28)24-11-3-5-18-4-1-2-10-23-18/h1-2,4,6-10H,3,5,11-16H2,(H,24,28). The lowest BCUT2D eigenvalue weighted by Crippen LogP contribution is -2.54. The zero-order chi connectivity index (χ0) is 20.5. The molecular formula is C21H25FN4O3. The van der Waals surface area contributed by atoms with E-state index in [2.05, 4.69) is 10.3 Å². The number of pyridine rings is 1. The maximum Gasteiger partial charge on any atom is 0.317 e. The zero-order valence-electron chi connectivity index (χ0n) is 16.2. The number of nitrogens with one attached hydrogen (secondary N) is 1. The Labute approximate surface area is 169 Å². The van der Waals surface area contributed by atoms with Crippen molar-refractivity contribution < 1.29 is 18.7 Å². The minimum Gasteiger partial charge on any atom is -0.484 e. The summed E-state index contributed by atoms with van der Waals surface area (Å²) in [6.07, 6.45) is 3.40. The van der Waals surface area contributed by atoms with Crippen LogP contribution in [0.15, 0.2) is 48.7 Å². The second kappa shape index (κ2) is 10.4. The molecule has 0 atom stereocenters. The SMILES string of the molecule is O=C(COc1ccc(F)cc1)N1CCN(C(=O)NCCCc2ccccn2)CC1. The highest BCUT2D eigenvalue weighted by atomic mass is 19.1. The van der Waals surface area contributed by atoms with E-state index in [1.807, 2.05) is 18.2 Å². The van der Waals surface area contributed by atoms with Crippen molar-refractivity contribution in [2.24, 2.45) is 0 Å². The van der Waals surface area contributed by atoms with Crippen LogP contribution in [0.1, 0.15) is 12.1 Å². The van der Waals surface area contributed by atoms with Crippen molar-refractivity contribution in [2.45, 2.75) is 12.8 Å². The molecule has 1 aliphatic heterocycles. The van der Waals surface area contributed by atoms with E-state index < -0.39 is 0 Å². The van der Waals surface area contributed by atoms with Crippen LogP contribution in [0, 0.1) is 5.82 Å². The Bertz CT molecular complexity index is 793. The van der Waals surface area contributed by atoms with Gasteiger partial charge in [0.2, 0.25) is 0 Å². The van der Waals surface area contributed by atoms with Crippen molar-refractivity contribution in [3.8, 4) is 5.75 Å². The van der Waals surface area contributed by atoms with Crippen LogP contribution in [-0.4, -0.2) is 66.1 Å². The fourth-order valence-corrected chi connectivity index (χ4v) is 3.05. The lowest BCUT2D eigenvalue weighted by Gasteiger charge is -2.34. The van der Waals surface area contributed by atoms with Crippen LogP contribution in [0.25, 0.3) is 0 Å². The van der Waals surface area contributed by atoms with Crippen LogP contribution >= 0.6 is 0 Å². The summed E-state index contributed by atoms with van der Waals surface area (Å²) in [5.74, 6) is -0.0528. The number of hydrogen-bond acceptors (Lipinski definition) is 4. The van der Waals surface area contributed by atoms with Gasteiger partial charge in [0.05, 0.1) is 0 Å². The smallest absolute Gasteiger partial charge is 0.317 e. The second-order valence-electron chi connectivity index (χ2n) is 6.77. The molecule has 2 aromatic rings. The molecule has 1 aromatic heterocycles. The first-order chi connectivity index (χ1) is 14.1. The highest BCUT2D eigenvalue weighted by Gasteiger charge is 2.24. The largest absolute Gasteiger partial charge is 0.484 e. The number of halogens is 1. The van der Waals surface area contributed by atoms with Crippen molar-refractivity contribution in [1.29, 1.82) is 0 Å². The molecule has 154 valence electrons. The summed E-state index contributed by atoms with van der Waals surface area (Å²) in [6.45, 7) is 2.37. The van der Waals surface area contributed by atoms with E-state index in [9.17, 15) is 14.0 Å². The number of aromatic nitrogens is 1. The van der Waals surface area contributed by atoms with Gasteiger partial charge in [0.25, 0.3) is 5.91 Å². The molecule has 3 rings (SSSR count). The van der Waals surface area contributed by atoms with E-state index in [4.69, 9.17) is 4.74 Å². The summed E-state index contributed by atoms with van der Waals surface area (Å²) < 4.78 is 18.3. The molecule has 1 aliphatic rings. The van der Waals surface area contributed by atoms with E-state index >= 15 is 0 Å². The molecule has 3 amide bonds. The number of ether oxygens (including phenoxy) is 1. The van der Waals surface area contributed by atoms with Gasteiger partial charge in [0.1, 0.15) is 11.6 Å². The third-order valence-electron chi connectivity index (χ3n) is 4.71. The van der Waals surface area contributed by atoms with Crippen LogP contribution in [-0.2, 0) is 11.2 Å². The van der Waals surface area contributed by atoms with Crippen molar-refractivity contribution in [3.05, 3.63) is 60.2 Å². The first kappa shape index (κ1) is 20.6. The Hall–Kier alpha value is -3.16. The Balaban J connectivity index is 1.32. The fourth-order valence-electron chi connectivity index (χ4n) is 3.05. The van der Waals surface area contributed by atoms with Gasteiger partial charge in [-0.1, -0.05) is 6.07 Å². The fraction of sp³-hybridized carbons (Fsp3) is 0.381. The summed E-state index contributed by atoms with van der Waals surface area (Å²) >= 11 is 0. The molecule has 29 heavy (non-hydrogen) atoms. The van der Waals surface area contributed by atoms with Crippen molar-refractivity contribution in [1.82, 2.24) is 20.1 Å². The topological polar surface area (TPSA) is 74.8 Å². The number of rotatable bonds is 7. The van der Waals surface area contributed by atoms with Crippen molar-refractivity contribution >= 4 is 11.9 Å². The maximum absolute atomic E-state index is 12.9. The number of aryl methyl sites for hydroxylation is 1. The number of carbonyl (C=O) groups is 2. The van der Waals surface area contributed by atoms with Gasteiger partial charge >= 0.3 is 6.03 Å². The molecule has 1 N–H and O–H groups in total. The van der Waals surface area contributed by atoms with Gasteiger partial charge in [0.15, 0.2) is 6.61 Å². The molecule has 1 fully saturated rings. The summed E-state index contributed by atoms with van der Waals surface area (Å²) in [6, 6.07) is 11.2. The molecule has 1 saturated heterocycles. The Morgan fingerprint density at radius 1 is 1.03 bits per heavy atom. The Morgan fingerprint density at radius 2 is 1.76 bits per heavy atom. The number of amides is 3. The minimum atomic E-state index is -0.352. The lowest BCUT2D eigenvalue weighted by atomic mass is 10.2. The van der Waals surface area contributed by atoms with Crippen molar-refractivity contribution in [3.63, 3.8) is 0 Å². The van der Waals surface area contributed by atoms with Crippen LogP contribution in [0.4, 0.5) is 9.18 Å². The third kappa shape index (κ3) is 6.44. The van der Waals surface area contributed by atoms with Gasteiger partial charge in [-0.2, -0.15) is 0 Å². The van der Waals surface area contributed by atoms with Gasteiger partial charge in [-0.15, -0.1) is 0 Å². The third-order valence-corrected chi connectivity index (χ3v) is 4.71. The van der Waals surface area contributed by atoms with Crippen LogP contribution < -0.4 is 10.1 Å².